The normalized spacial score (nSPS) is 20.4. The van der Waals surface area contributed by atoms with E-state index in [1.54, 1.807) is 0 Å². The fourth-order valence-electron chi connectivity index (χ4n) is 2.41. The number of nitrogens with zero attached hydrogens (tertiary/aromatic N) is 1. The van der Waals surface area contributed by atoms with Crippen LogP contribution in [0.15, 0.2) is 24.3 Å². The zero-order valence-corrected chi connectivity index (χ0v) is 10.4. The maximum atomic E-state index is 3.45. The summed E-state index contributed by atoms with van der Waals surface area (Å²) in [6.07, 6.45) is 1.32. The maximum absolute atomic E-state index is 3.45. The van der Waals surface area contributed by atoms with E-state index in [1.165, 1.54) is 37.3 Å². The zero-order valence-electron chi connectivity index (χ0n) is 10.4. The molecule has 1 aromatic rings. The van der Waals surface area contributed by atoms with Gasteiger partial charge in [0.1, 0.15) is 0 Å². The minimum absolute atomic E-state index is 0.820. The number of aryl methyl sites for hydroxylation is 1. The van der Waals surface area contributed by atoms with E-state index in [0.717, 1.165) is 12.5 Å². The lowest BCUT2D eigenvalue weighted by molar-refractivity contribution is 0.528. The van der Waals surface area contributed by atoms with Crippen LogP contribution in [0.2, 0.25) is 0 Å². The third-order valence-corrected chi connectivity index (χ3v) is 3.34. The van der Waals surface area contributed by atoms with Crippen molar-refractivity contribution in [1.82, 2.24) is 5.32 Å². The molecule has 1 atom stereocenters. The summed E-state index contributed by atoms with van der Waals surface area (Å²) in [6, 6.07) is 8.83. The Morgan fingerprint density at radius 1 is 1.44 bits per heavy atom. The van der Waals surface area contributed by atoms with Crippen molar-refractivity contribution >= 4 is 5.69 Å². The van der Waals surface area contributed by atoms with Crippen LogP contribution >= 0.6 is 0 Å². The van der Waals surface area contributed by atoms with Crippen LogP contribution in [0.25, 0.3) is 0 Å². The van der Waals surface area contributed by atoms with Gasteiger partial charge >= 0.3 is 0 Å². The van der Waals surface area contributed by atoms with Gasteiger partial charge in [0.2, 0.25) is 0 Å². The minimum Gasteiger partial charge on any atom is -0.371 e. The molecule has 0 aromatic heterocycles. The van der Waals surface area contributed by atoms with Crippen LogP contribution in [0.1, 0.15) is 18.9 Å². The van der Waals surface area contributed by atoms with Crippen molar-refractivity contribution in [1.29, 1.82) is 0 Å². The van der Waals surface area contributed by atoms with Gasteiger partial charge in [0.25, 0.3) is 0 Å². The first kappa shape index (κ1) is 11.5. The average molecular weight is 218 g/mol. The summed E-state index contributed by atoms with van der Waals surface area (Å²) in [6.45, 7) is 9.00. The molecule has 0 spiro atoms. The smallest absolute Gasteiger partial charge is 0.0368 e. The predicted octanol–water partition coefficient (Wildman–Crippen LogP) is 2.43. The molecule has 1 unspecified atom stereocenters. The average Bonchev–Trinajstić information content (AvgIpc) is 2.75. The molecule has 2 heteroatoms. The van der Waals surface area contributed by atoms with E-state index < -0.39 is 0 Å². The number of benzene rings is 1. The lowest BCUT2D eigenvalue weighted by Crippen LogP contribution is -2.26. The van der Waals surface area contributed by atoms with Crippen molar-refractivity contribution < 1.29 is 0 Å². The summed E-state index contributed by atoms with van der Waals surface area (Å²) < 4.78 is 0. The lowest BCUT2D eigenvalue weighted by Gasteiger charge is -2.19. The van der Waals surface area contributed by atoms with E-state index >= 15 is 0 Å². The fourth-order valence-corrected chi connectivity index (χ4v) is 2.41. The Hall–Kier alpha value is -1.02. The third-order valence-electron chi connectivity index (χ3n) is 3.34. The van der Waals surface area contributed by atoms with Crippen molar-refractivity contribution in [2.24, 2.45) is 5.92 Å². The first-order valence-corrected chi connectivity index (χ1v) is 6.32. The second-order valence-electron chi connectivity index (χ2n) is 4.75. The number of hydrogen-bond donors (Lipinski definition) is 1. The van der Waals surface area contributed by atoms with Gasteiger partial charge in [-0.1, -0.05) is 19.1 Å². The molecule has 1 aromatic carbocycles. The highest BCUT2D eigenvalue weighted by Gasteiger charge is 2.21. The van der Waals surface area contributed by atoms with Crippen LogP contribution in [0.5, 0.6) is 0 Å². The molecule has 0 bridgehead atoms. The van der Waals surface area contributed by atoms with E-state index in [1.807, 2.05) is 0 Å². The quantitative estimate of drug-likeness (QED) is 0.835. The second kappa shape index (κ2) is 5.35. The Bertz CT molecular complexity index is 335. The number of rotatable bonds is 4. The monoisotopic (exact) mass is 218 g/mol. The van der Waals surface area contributed by atoms with E-state index in [2.05, 4.69) is 48.3 Å². The first-order chi connectivity index (χ1) is 7.79. The summed E-state index contributed by atoms with van der Waals surface area (Å²) in [5, 5.41) is 3.45. The molecule has 16 heavy (non-hydrogen) atoms. The van der Waals surface area contributed by atoms with Crippen molar-refractivity contribution in [3.63, 3.8) is 0 Å². The van der Waals surface area contributed by atoms with Crippen LogP contribution in [-0.4, -0.2) is 26.2 Å². The molecule has 1 aliphatic rings. The highest BCUT2D eigenvalue weighted by molar-refractivity contribution is 5.49. The topological polar surface area (TPSA) is 15.3 Å². The van der Waals surface area contributed by atoms with E-state index in [-0.39, 0.29) is 0 Å². The van der Waals surface area contributed by atoms with E-state index in [9.17, 15) is 0 Å². The van der Waals surface area contributed by atoms with Gasteiger partial charge in [0, 0.05) is 18.8 Å². The molecule has 1 N–H and O–H groups in total. The SMILES string of the molecule is CCNCC1CCN(c2cccc(C)c2)C1. The van der Waals surface area contributed by atoms with Crippen LogP contribution in [-0.2, 0) is 0 Å². The summed E-state index contributed by atoms with van der Waals surface area (Å²) in [5.41, 5.74) is 2.74. The molecule has 1 aliphatic heterocycles. The van der Waals surface area contributed by atoms with Gasteiger partial charge in [-0.25, -0.2) is 0 Å². The van der Waals surface area contributed by atoms with Gasteiger partial charge in [-0.2, -0.15) is 0 Å². The highest BCUT2D eigenvalue weighted by atomic mass is 15.2. The summed E-state index contributed by atoms with van der Waals surface area (Å²) >= 11 is 0. The fraction of sp³-hybridized carbons (Fsp3) is 0.571. The predicted molar refractivity (Wildman–Crippen MR) is 70.0 cm³/mol. The van der Waals surface area contributed by atoms with E-state index in [4.69, 9.17) is 0 Å². The molecule has 1 heterocycles. The van der Waals surface area contributed by atoms with Crippen LogP contribution in [0, 0.1) is 12.8 Å². The summed E-state index contributed by atoms with van der Waals surface area (Å²) in [4.78, 5) is 2.51. The molecule has 2 nitrogen and oxygen atoms in total. The number of anilines is 1. The zero-order chi connectivity index (χ0) is 11.4. The van der Waals surface area contributed by atoms with Crippen molar-refractivity contribution in [3.05, 3.63) is 29.8 Å². The van der Waals surface area contributed by atoms with Gasteiger partial charge in [0.05, 0.1) is 0 Å². The molecule has 2 rings (SSSR count). The first-order valence-electron chi connectivity index (χ1n) is 6.32. The van der Waals surface area contributed by atoms with Crippen molar-refractivity contribution in [3.8, 4) is 0 Å². The van der Waals surface area contributed by atoms with Crippen LogP contribution in [0.3, 0.4) is 0 Å². The summed E-state index contributed by atoms with van der Waals surface area (Å²) in [5.74, 6) is 0.820. The van der Waals surface area contributed by atoms with Gasteiger partial charge in [-0.3, -0.25) is 0 Å². The Morgan fingerprint density at radius 3 is 3.06 bits per heavy atom. The highest BCUT2D eigenvalue weighted by Crippen LogP contribution is 2.23. The number of hydrogen-bond acceptors (Lipinski definition) is 2. The standard InChI is InChI=1S/C14H22N2/c1-3-15-10-13-7-8-16(11-13)14-6-4-5-12(2)9-14/h4-6,9,13,15H,3,7-8,10-11H2,1-2H3. The Morgan fingerprint density at radius 2 is 2.31 bits per heavy atom. The summed E-state index contributed by atoms with van der Waals surface area (Å²) in [7, 11) is 0. The molecular formula is C14H22N2. The maximum Gasteiger partial charge on any atom is 0.0368 e. The Kier molecular flexibility index (Phi) is 3.83. The molecule has 0 aliphatic carbocycles. The molecule has 0 saturated carbocycles. The van der Waals surface area contributed by atoms with Crippen molar-refractivity contribution in [2.45, 2.75) is 20.3 Å². The molecule has 0 amide bonds. The van der Waals surface area contributed by atoms with Crippen LogP contribution < -0.4 is 10.2 Å². The Balaban J connectivity index is 1.93. The molecule has 1 saturated heterocycles. The molecule has 88 valence electrons. The van der Waals surface area contributed by atoms with Gasteiger partial charge in [-0.05, 0) is 50.0 Å². The van der Waals surface area contributed by atoms with Gasteiger partial charge in [0.15, 0.2) is 0 Å². The van der Waals surface area contributed by atoms with Crippen molar-refractivity contribution in [2.75, 3.05) is 31.1 Å². The molecular weight excluding hydrogens is 196 g/mol. The molecule has 0 radical (unpaired) electrons. The minimum atomic E-state index is 0.820. The largest absolute Gasteiger partial charge is 0.371 e. The van der Waals surface area contributed by atoms with Crippen LogP contribution in [0.4, 0.5) is 5.69 Å². The third kappa shape index (κ3) is 2.76. The second-order valence-corrected chi connectivity index (χ2v) is 4.75. The number of nitrogens with one attached hydrogen (secondary N) is 1. The molecule has 1 fully saturated rings. The van der Waals surface area contributed by atoms with Gasteiger partial charge in [-0.15, -0.1) is 0 Å². The Labute approximate surface area is 98.7 Å². The lowest BCUT2D eigenvalue weighted by atomic mass is 10.1. The van der Waals surface area contributed by atoms with E-state index in [0.29, 0.717) is 0 Å². The van der Waals surface area contributed by atoms with Gasteiger partial charge < -0.3 is 10.2 Å².